The fourth-order valence-electron chi connectivity index (χ4n) is 3.60. The molecule has 0 bridgehead atoms. The van der Waals surface area contributed by atoms with Crippen LogP contribution in [0.1, 0.15) is 52.1 Å². The smallest absolute Gasteiger partial charge is 0.120 e. The van der Waals surface area contributed by atoms with Gasteiger partial charge < -0.3 is 4.74 Å². The number of aryl methyl sites for hydroxylation is 1. The van der Waals surface area contributed by atoms with Gasteiger partial charge in [0, 0.05) is 15.6 Å². The molecule has 1 aromatic carbocycles. The third-order valence-electron chi connectivity index (χ3n) is 5.06. The van der Waals surface area contributed by atoms with Crippen molar-refractivity contribution in [2.75, 3.05) is 0 Å². The lowest BCUT2D eigenvalue weighted by Crippen LogP contribution is -2.30. The van der Waals surface area contributed by atoms with E-state index in [1.54, 1.807) is 0 Å². The van der Waals surface area contributed by atoms with Crippen LogP contribution in [0.5, 0.6) is 5.75 Å². The van der Waals surface area contributed by atoms with Gasteiger partial charge in [-0.25, -0.2) is 0 Å². The van der Waals surface area contributed by atoms with Gasteiger partial charge in [0.1, 0.15) is 5.75 Å². The monoisotopic (exact) mass is 375 g/mol. The molecule has 1 aromatic heterocycles. The maximum atomic E-state index is 6.26. The Morgan fingerprint density at radius 2 is 1.78 bits per heavy atom. The van der Waals surface area contributed by atoms with Crippen molar-refractivity contribution in [2.45, 2.75) is 59.5 Å². The average molecular weight is 376 g/mol. The predicted molar refractivity (Wildman–Crippen MR) is 100 cm³/mol. The molecule has 2 aromatic rings. The van der Waals surface area contributed by atoms with E-state index in [0.29, 0.717) is 11.5 Å². The second kappa shape index (κ2) is 6.43. The van der Waals surface area contributed by atoms with Crippen LogP contribution in [0.3, 0.4) is 0 Å². The summed E-state index contributed by atoms with van der Waals surface area (Å²) in [6, 6.07) is 8.28. The van der Waals surface area contributed by atoms with Crippen molar-refractivity contribution < 1.29 is 4.74 Å². The minimum Gasteiger partial charge on any atom is -0.490 e. The number of fused-ring (bicyclic) bond motifs is 1. The van der Waals surface area contributed by atoms with Gasteiger partial charge in [-0.2, -0.15) is 0 Å². The molecule has 3 heteroatoms. The molecule has 1 aliphatic rings. The maximum Gasteiger partial charge on any atom is 0.120 e. The van der Waals surface area contributed by atoms with E-state index in [1.807, 2.05) is 6.92 Å². The van der Waals surface area contributed by atoms with Gasteiger partial charge in [0.2, 0.25) is 0 Å². The highest BCUT2D eigenvalue weighted by Crippen LogP contribution is 2.39. The van der Waals surface area contributed by atoms with Crippen LogP contribution in [0.25, 0.3) is 10.9 Å². The first kappa shape index (κ1) is 16.8. The summed E-state index contributed by atoms with van der Waals surface area (Å²) >= 11 is 3.64. The number of rotatable bonds is 2. The lowest BCUT2D eigenvalue weighted by atomic mass is 9.72. The van der Waals surface area contributed by atoms with Crippen molar-refractivity contribution in [1.29, 1.82) is 0 Å². The van der Waals surface area contributed by atoms with E-state index in [2.05, 4.69) is 66.0 Å². The van der Waals surface area contributed by atoms with Crippen molar-refractivity contribution in [2.24, 2.45) is 11.3 Å². The predicted octanol–water partition coefficient (Wildman–Crippen LogP) is 6.29. The Morgan fingerprint density at radius 3 is 2.43 bits per heavy atom. The molecule has 1 heterocycles. The molecule has 2 nitrogen and oxygen atoms in total. The summed E-state index contributed by atoms with van der Waals surface area (Å²) in [6.45, 7) is 9.08. The van der Waals surface area contributed by atoms with Gasteiger partial charge in [-0.3, -0.25) is 4.98 Å². The van der Waals surface area contributed by atoms with E-state index in [1.165, 1.54) is 12.8 Å². The van der Waals surface area contributed by atoms with Crippen molar-refractivity contribution in [1.82, 2.24) is 4.98 Å². The lowest BCUT2D eigenvalue weighted by Gasteiger charge is -2.37. The zero-order valence-electron chi connectivity index (χ0n) is 14.5. The van der Waals surface area contributed by atoms with Gasteiger partial charge in [-0.05, 0) is 68.2 Å². The van der Waals surface area contributed by atoms with Gasteiger partial charge in [0.25, 0.3) is 0 Å². The van der Waals surface area contributed by atoms with Crippen LogP contribution in [0.15, 0.2) is 28.7 Å². The molecule has 23 heavy (non-hydrogen) atoms. The van der Waals surface area contributed by atoms with E-state index in [0.717, 1.165) is 45.6 Å². The molecule has 0 atom stereocenters. The molecule has 1 saturated carbocycles. The number of hydrogen-bond acceptors (Lipinski definition) is 2. The molecular formula is C20H26BrNO. The van der Waals surface area contributed by atoms with Crippen LogP contribution < -0.4 is 4.74 Å². The normalized spacial score (nSPS) is 22.3. The highest BCUT2D eigenvalue weighted by molar-refractivity contribution is 9.10. The molecule has 0 amide bonds. The molecular weight excluding hydrogens is 350 g/mol. The third kappa shape index (κ3) is 3.88. The molecule has 0 aliphatic heterocycles. The van der Waals surface area contributed by atoms with Gasteiger partial charge >= 0.3 is 0 Å². The summed E-state index contributed by atoms with van der Waals surface area (Å²) in [5.74, 6) is 1.78. The van der Waals surface area contributed by atoms with E-state index in [-0.39, 0.29) is 0 Å². The van der Waals surface area contributed by atoms with Gasteiger partial charge in [0.05, 0.1) is 11.6 Å². The summed E-state index contributed by atoms with van der Waals surface area (Å²) in [4.78, 5) is 4.58. The van der Waals surface area contributed by atoms with Crippen LogP contribution in [0.2, 0.25) is 0 Å². The zero-order valence-corrected chi connectivity index (χ0v) is 16.1. The van der Waals surface area contributed by atoms with Crippen molar-refractivity contribution in [3.63, 3.8) is 0 Å². The van der Waals surface area contributed by atoms with Gasteiger partial charge in [-0.1, -0.05) is 36.7 Å². The largest absolute Gasteiger partial charge is 0.490 e. The topological polar surface area (TPSA) is 22.1 Å². The van der Waals surface area contributed by atoms with E-state index in [9.17, 15) is 0 Å². The Bertz CT molecular complexity index is 697. The second-order valence-electron chi connectivity index (χ2n) is 7.88. The Balaban J connectivity index is 1.71. The van der Waals surface area contributed by atoms with Crippen LogP contribution in [0, 0.1) is 18.3 Å². The van der Waals surface area contributed by atoms with Crippen molar-refractivity contribution in [3.05, 3.63) is 34.4 Å². The van der Waals surface area contributed by atoms with E-state index < -0.39 is 0 Å². The van der Waals surface area contributed by atoms with Crippen molar-refractivity contribution in [3.8, 4) is 5.75 Å². The fourth-order valence-corrected chi connectivity index (χ4v) is 4.25. The van der Waals surface area contributed by atoms with E-state index >= 15 is 0 Å². The first-order valence-electron chi connectivity index (χ1n) is 8.56. The van der Waals surface area contributed by atoms with Gasteiger partial charge in [0.15, 0.2) is 0 Å². The summed E-state index contributed by atoms with van der Waals surface area (Å²) in [5.41, 5.74) is 2.46. The number of nitrogens with zero attached hydrogens (tertiary/aromatic N) is 1. The summed E-state index contributed by atoms with van der Waals surface area (Å²) < 4.78 is 7.35. The number of pyridine rings is 1. The maximum absolute atomic E-state index is 6.26. The quantitative estimate of drug-likeness (QED) is 0.615. The molecule has 0 spiro atoms. The minimum atomic E-state index is 0.350. The molecule has 0 saturated heterocycles. The first-order valence-corrected chi connectivity index (χ1v) is 9.36. The lowest BCUT2D eigenvalue weighted by molar-refractivity contribution is 0.0883. The molecule has 3 rings (SSSR count). The molecule has 124 valence electrons. The average Bonchev–Trinajstić information content (AvgIpc) is 2.47. The van der Waals surface area contributed by atoms with Gasteiger partial charge in [-0.15, -0.1) is 0 Å². The highest BCUT2D eigenvalue weighted by atomic mass is 79.9. The fraction of sp³-hybridized carbons (Fsp3) is 0.550. The highest BCUT2D eigenvalue weighted by Gasteiger charge is 2.30. The SMILES string of the molecule is Cc1cc(Br)c2cc(OC3CCC(C(C)(C)C)CC3)ccc2n1. The van der Waals surface area contributed by atoms with Crippen molar-refractivity contribution >= 4 is 26.8 Å². The second-order valence-corrected chi connectivity index (χ2v) is 8.74. The Morgan fingerprint density at radius 1 is 1.09 bits per heavy atom. The van der Waals surface area contributed by atoms with Crippen LogP contribution >= 0.6 is 15.9 Å². The molecule has 1 aliphatic carbocycles. The Labute approximate surface area is 147 Å². The third-order valence-corrected chi connectivity index (χ3v) is 5.72. The number of hydrogen-bond donors (Lipinski definition) is 0. The molecule has 0 unspecified atom stereocenters. The number of halogens is 1. The standard InChI is InChI=1S/C20H26BrNO/c1-13-11-18(21)17-12-16(9-10-19(17)22-13)23-15-7-5-14(6-8-15)20(2,3)4/h9-12,14-15H,5-8H2,1-4H3. The zero-order chi connectivity index (χ0) is 16.6. The number of benzene rings is 1. The molecule has 1 fully saturated rings. The number of ether oxygens (including phenoxy) is 1. The number of aromatic nitrogens is 1. The minimum absolute atomic E-state index is 0.350. The Hall–Kier alpha value is -1.09. The Kier molecular flexibility index (Phi) is 4.68. The van der Waals surface area contributed by atoms with E-state index in [4.69, 9.17) is 4.74 Å². The summed E-state index contributed by atoms with van der Waals surface area (Å²) in [6.07, 6.45) is 5.21. The van der Waals surface area contributed by atoms with Crippen LogP contribution in [-0.2, 0) is 0 Å². The summed E-state index contributed by atoms with van der Waals surface area (Å²) in [5, 5.41) is 1.12. The summed E-state index contributed by atoms with van der Waals surface area (Å²) in [7, 11) is 0. The van der Waals surface area contributed by atoms with Crippen LogP contribution in [-0.4, -0.2) is 11.1 Å². The molecule has 0 N–H and O–H groups in total. The van der Waals surface area contributed by atoms with Crippen LogP contribution in [0.4, 0.5) is 0 Å². The first-order chi connectivity index (χ1) is 10.8. The molecule has 0 radical (unpaired) electrons.